The number of nitrogens with zero attached hydrogens (tertiary/aromatic N) is 4. The minimum absolute atomic E-state index is 0.188. The highest BCUT2D eigenvalue weighted by atomic mass is 16.3. The summed E-state index contributed by atoms with van der Waals surface area (Å²) in [6.07, 6.45) is 3.44. The molecule has 7 heteroatoms. The summed E-state index contributed by atoms with van der Waals surface area (Å²) in [5.74, 6) is 0. The Labute approximate surface area is 115 Å². The van der Waals surface area contributed by atoms with E-state index < -0.39 is 6.10 Å². The van der Waals surface area contributed by atoms with E-state index in [9.17, 15) is 9.90 Å². The van der Waals surface area contributed by atoms with E-state index in [1.165, 1.54) is 4.80 Å². The van der Waals surface area contributed by atoms with E-state index in [4.69, 9.17) is 0 Å². The number of anilines is 1. The third-order valence-electron chi connectivity index (χ3n) is 3.22. The predicted octanol–water partition coefficient (Wildman–Crippen LogP) is 0.866. The summed E-state index contributed by atoms with van der Waals surface area (Å²) in [6.45, 7) is 0.976. The van der Waals surface area contributed by atoms with Crippen molar-refractivity contribution in [1.29, 1.82) is 0 Å². The second-order valence-corrected chi connectivity index (χ2v) is 4.68. The maximum atomic E-state index is 11.9. The first-order valence-corrected chi connectivity index (χ1v) is 6.43. The van der Waals surface area contributed by atoms with Crippen molar-refractivity contribution >= 4 is 11.7 Å². The minimum atomic E-state index is -0.408. The molecule has 0 bridgehead atoms. The summed E-state index contributed by atoms with van der Waals surface area (Å²) in [5, 5.41) is 20.3. The number of carbonyl (C=O) groups is 1. The van der Waals surface area contributed by atoms with Gasteiger partial charge in [-0.15, -0.1) is 0 Å². The van der Waals surface area contributed by atoms with Gasteiger partial charge in [0, 0.05) is 18.8 Å². The van der Waals surface area contributed by atoms with Crippen LogP contribution >= 0.6 is 0 Å². The number of β-amino-alcohol motifs (C(OH)–C–C–N with tert-alkyl or cyclic N) is 1. The highest BCUT2D eigenvalue weighted by Crippen LogP contribution is 2.14. The highest BCUT2D eigenvalue weighted by molar-refractivity contribution is 5.89. The zero-order valence-electron chi connectivity index (χ0n) is 10.8. The molecule has 2 aromatic rings. The van der Waals surface area contributed by atoms with Gasteiger partial charge in [-0.3, -0.25) is 0 Å². The van der Waals surface area contributed by atoms with Crippen molar-refractivity contribution in [3.63, 3.8) is 0 Å². The van der Waals surface area contributed by atoms with Crippen molar-refractivity contribution < 1.29 is 9.90 Å². The van der Waals surface area contributed by atoms with Crippen molar-refractivity contribution in [3.05, 3.63) is 36.7 Å². The number of nitrogens with one attached hydrogen (secondary N) is 1. The first kappa shape index (κ1) is 12.6. The van der Waals surface area contributed by atoms with Crippen molar-refractivity contribution in [1.82, 2.24) is 19.9 Å². The molecule has 2 heterocycles. The van der Waals surface area contributed by atoms with Gasteiger partial charge in [-0.05, 0) is 30.7 Å². The summed E-state index contributed by atoms with van der Waals surface area (Å²) in [6, 6.07) is 7.06. The lowest BCUT2D eigenvalue weighted by Crippen LogP contribution is -2.33. The van der Waals surface area contributed by atoms with Crippen molar-refractivity contribution in [2.75, 3.05) is 18.4 Å². The van der Waals surface area contributed by atoms with Crippen LogP contribution in [0.4, 0.5) is 10.5 Å². The predicted molar refractivity (Wildman–Crippen MR) is 72.6 cm³/mol. The van der Waals surface area contributed by atoms with E-state index in [2.05, 4.69) is 15.5 Å². The van der Waals surface area contributed by atoms with Crippen LogP contribution in [0.2, 0.25) is 0 Å². The maximum absolute atomic E-state index is 11.9. The molecule has 2 N–H and O–H groups in total. The molecule has 0 radical (unpaired) electrons. The molecule has 0 aliphatic carbocycles. The Morgan fingerprint density at radius 1 is 1.25 bits per heavy atom. The monoisotopic (exact) mass is 273 g/mol. The number of hydrogen-bond acceptors (Lipinski definition) is 4. The fourth-order valence-corrected chi connectivity index (χ4v) is 2.16. The van der Waals surface area contributed by atoms with Gasteiger partial charge in [0.25, 0.3) is 0 Å². The molecule has 1 aromatic carbocycles. The molecule has 0 unspecified atom stereocenters. The van der Waals surface area contributed by atoms with Gasteiger partial charge < -0.3 is 15.3 Å². The van der Waals surface area contributed by atoms with Crippen LogP contribution in [-0.4, -0.2) is 50.2 Å². The van der Waals surface area contributed by atoms with Crippen LogP contribution in [0.15, 0.2) is 36.7 Å². The average molecular weight is 273 g/mol. The Balaban J connectivity index is 1.65. The third kappa shape index (κ3) is 2.62. The van der Waals surface area contributed by atoms with Gasteiger partial charge >= 0.3 is 6.03 Å². The summed E-state index contributed by atoms with van der Waals surface area (Å²) in [7, 11) is 0. The quantitative estimate of drug-likeness (QED) is 0.850. The number of carbonyl (C=O) groups excluding carboxylic acids is 1. The number of aliphatic hydroxyl groups excluding tert-OH is 1. The fourth-order valence-electron chi connectivity index (χ4n) is 2.16. The van der Waals surface area contributed by atoms with Gasteiger partial charge in [0.2, 0.25) is 0 Å². The van der Waals surface area contributed by atoms with E-state index in [0.29, 0.717) is 25.2 Å². The largest absolute Gasteiger partial charge is 0.391 e. The molecule has 2 amide bonds. The summed E-state index contributed by atoms with van der Waals surface area (Å²) in [5.41, 5.74) is 1.52. The molecular weight excluding hydrogens is 258 g/mol. The number of amides is 2. The molecular formula is C13H15N5O2. The smallest absolute Gasteiger partial charge is 0.321 e. The molecule has 1 aliphatic rings. The molecule has 1 aliphatic heterocycles. The number of benzene rings is 1. The number of rotatable bonds is 2. The van der Waals surface area contributed by atoms with Crippen LogP contribution in [0.5, 0.6) is 0 Å². The molecule has 1 saturated heterocycles. The van der Waals surface area contributed by atoms with E-state index in [1.807, 2.05) is 12.1 Å². The van der Waals surface area contributed by atoms with Gasteiger partial charge in [-0.2, -0.15) is 15.0 Å². The lowest BCUT2D eigenvalue weighted by Gasteiger charge is -2.16. The molecule has 20 heavy (non-hydrogen) atoms. The first-order chi connectivity index (χ1) is 9.72. The topological polar surface area (TPSA) is 83.3 Å². The third-order valence-corrected chi connectivity index (χ3v) is 3.22. The first-order valence-electron chi connectivity index (χ1n) is 6.43. The van der Waals surface area contributed by atoms with Crippen molar-refractivity contribution in [3.8, 4) is 5.69 Å². The van der Waals surface area contributed by atoms with E-state index in [-0.39, 0.29) is 6.03 Å². The van der Waals surface area contributed by atoms with Crippen LogP contribution in [0.25, 0.3) is 5.69 Å². The Hall–Kier alpha value is -2.41. The Morgan fingerprint density at radius 2 is 1.95 bits per heavy atom. The summed E-state index contributed by atoms with van der Waals surface area (Å²) < 4.78 is 0. The number of likely N-dealkylation sites (tertiary alicyclic amines) is 1. The standard InChI is InChI=1S/C13H15N5O2/c19-12-5-8-17(9-12)13(20)16-10-1-3-11(4-2-10)18-14-6-7-15-18/h1-4,6-7,12,19H,5,8-9H2,(H,16,20)/t12-/m0/s1. The molecule has 1 atom stereocenters. The van der Waals surface area contributed by atoms with Crippen LogP contribution in [0, 0.1) is 0 Å². The van der Waals surface area contributed by atoms with E-state index in [0.717, 1.165) is 5.69 Å². The van der Waals surface area contributed by atoms with Crippen LogP contribution in [0.3, 0.4) is 0 Å². The molecule has 104 valence electrons. The minimum Gasteiger partial charge on any atom is -0.391 e. The molecule has 1 aromatic heterocycles. The Morgan fingerprint density at radius 3 is 2.55 bits per heavy atom. The number of aromatic nitrogens is 3. The molecule has 3 rings (SSSR count). The molecule has 0 spiro atoms. The number of hydrogen-bond donors (Lipinski definition) is 2. The second-order valence-electron chi connectivity index (χ2n) is 4.68. The molecule has 1 fully saturated rings. The van der Waals surface area contributed by atoms with Gasteiger partial charge in [-0.25, -0.2) is 4.79 Å². The SMILES string of the molecule is O=C(Nc1ccc(-n2nccn2)cc1)N1CC[C@H](O)C1. The Bertz CT molecular complexity index is 581. The van der Waals surface area contributed by atoms with Gasteiger partial charge in [0.1, 0.15) is 0 Å². The molecule has 0 saturated carbocycles. The fraction of sp³-hybridized carbons (Fsp3) is 0.308. The van der Waals surface area contributed by atoms with Crippen LogP contribution in [-0.2, 0) is 0 Å². The van der Waals surface area contributed by atoms with E-state index in [1.54, 1.807) is 29.4 Å². The second kappa shape index (κ2) is 5.30. The van der Waals surface area contributed by atoms with Crippen molar-refractivity contribution in [2.24, 2.45) is 0 Å². The van der Waals surface area contributed by atoms with Gasteiger partial charge in [-0.1, -0.05) is 0 Å². The number of urea groups is 1. The average Bonchev–Trinajstić information content (AvgIpc) is 3.10. The molecule has 7 nitrogen and oxygen atoms in total. The lowest BCUT2D eigenvalue weighted by molar-refractivity contribution is 0.176. The van der Waals surface area contributed by atoms with Gasteiger partial charge in [0.05, 0.1) is 24.2 Å². The van der Waals surface area contributed by atoms with Crippen LogP contribution < -0.4 is 5.32 Å². The lowest BCUT2D eigenvalue weighted by atomic mass is 10.3. The number of aliphatic hydroxyl groups is 1. The highest BCUT2D eigenvalue weighted by Gasteiger charge is 2.24. The maximum Gasteiger partial charge on any atom is 0.321 e. The summed E-state index contributed by atoms with van der Waals surface area (Å²) >= 11 is 0. The van der Waals surface area contributed by atoms with Crippen molar-refractivity contribution in [2.45, 2.75) is 12.5 Å². The zero-order valence-corrected chi connectivity index (χ0v) is 10.8. The normalized spacial score (nSPS) is 18.2. The Kier molecular flexibility index (Phi) is 3.34. The van der Waals surface area contributed by atoms with Crippen LogP contribution in [0.1, 0.15) is 6.42 Å². The zero-order chi connectivity index (χ0) is 13.9. The van der Waals surface area contributed by atoms with E-state index >= 15 is 0 Å². The van der Waals surface area contributed by atoms with Gasteiger partial charge in [0.15, 0.2) is 0 Å². The summed E-state index contributed by atoms with van der Waals surface area (Å²) in [4.78, 5) is 15.1.